The van der Waals surface area contributed by atoms with Crippen LogP contribution in [0.5, 0.6) is 0 Å². The molecule has 0 aliphatic heterocycles. The summed E-state index contributed by atoms with van der Waals surface area (Å²) in [6, 6.07) is 19.9. The minimum atomic E-state index is -1.32. The molecule has 0 saturated heterocycles. The minimum Gasteiger partial charge on any atom is -0.353 e. The average molecular weight is 396 g/mol. The molecule has 3 nitrogen and oxygen atoms in total. The number of rotatable bonds is 7. The van der Waals surface area contributed by atoms with Gasteiger partial charge in [-0.15, -0.1) is 0 Å². The predicted molar refractivity (Wildman–Crippen MR) is 114 cm³/mol. The molecule has 2 fully saturated rings. The van der Waals surface area contributed by atoms with Gasteiger partial charge in [0.25, 0.3) is 0 Å². The number of benzene rings is 2. The van der Waals surface area contributed by atoms with Gasteiger partial charge in [0.15, 0.2) is 0 Å². The molecule has 2 aromatic carbocycles. The van der Waals surface area contributed by atoms with E-state index in [1.165, 1.54) is 25.7 Å². The summed E-state index contributed by atoms with van der Waals surface area (Å²) in [5.41, 5.74) is 1.97. The van der Waals surface area contributed by atoms with Crippen LogP contribution >= 0.6 is 0 Å². The third-order valence-electron chi connectivity index (χ3n) is 6.56. The fourth-order valence-corrected chi connectivity index (χ4v) is 6.70. The summed E-state index contributed by atoms with van der Waals surface area (Å²) in [5.74, 6) is 2.18. The SMILES string of the molecule is C[C@H](NC(=O)C[S@@](=O)C(c1ccccc1)c1ccccc1)[C@@H]1C[C@H]2CC[C@H]1C2. The van der Waals surface area contributed by atoms with E-state index < -0.39 is 10.8 Å². The van der Waals surface area contributed by atoms with Crippen molar-refractivity contribution in [2.24, 2.45) is 17.8 Å². The number of nitrogens with one attached hydrogen (secondary N) is 1. The Bertz CT molecular complexity index is 784. The van der Waals surface area contributed by atoms with Crippen molar-refractivity contribution >= 4 is 16.7 Å². The summed E-state index contributed by atoms with van der Waals surface area (Å²) < 4.78 is 13.2. The Morgan fingerprint density at radius 2 is 1.61 bits per heavy atom. The van der Waals surface area contributed by atoms with Gasteiger partial charge in [0.05, 0.1) is 5.25 Å². The van der Waals surface area contributed by atoms with E-state index in [-0.39, 0.29) is 23.0 Å². The molecule has 0 radical (unpaired) electrons. The lowest BCUT2D eigenvalue weighted by Crippen LogP contribution is -2.42. The maximum absolute atomic E-state index is 13.2. The monoisotopic (exact) mass is 395 g/mol. The van der Waals surface area contributed by atoms with Crippen molar-refractivity contribution in [1.29, 1.82) is 0 Å². The summed E-state index contributed by atoms with van der Waals surface area (Å²) in [6.07, 6.45) is 5.25. The van der Waals surface area contributed by atoms with Gasteiger partial charge in [0.2, 0.25) is 5.91 Å². The molecule has 2 saturated carbocycles. The largest absolute Gasteiger partial charge is 0.353 e. The van der Waals surface area contributed by atoms with E-state index in [2.05, 4.69) is 12.2 Å². The molecular weight excluding hydrogens is 366 g/mol. The van der Waals surface area contributed by atoms with Crippen LogP contribution in [0.2, 0.25) is 0 Å². The second-order valence-electron chi connectivity index (χ2n) is 8.42. The second kappa shape index (κ2) is 8.60. The van der Waals surface area contributed by atoms with Gasteiger partial charge >= 0.3 is 0 Å². The minimum absolute atomic E-state index is 0.0413. The van der Waals surface area contributed by atoms with Gasteiger partial charge in [-0.2, -0.15) is 0 Å². The van der Waals surface area contributed by atoms with E-state index in [4.69, 9.17) is 0 Å². The Balaban J connectivity index is 1.43. The smallest absolute Gasteiger partial charge is 0.232 e. The number of carbonyl (C=O) groups excluding carboxylic acids is 1. The lowest BCUT2D eigenvalue weighted by atomic mass is 9.84. The maximum Gasteiger partial charge on any atom is 0.232 e. The van der Waals surface area contributed by atoms with E-state index in [9.17, 15) is 9.00 Å². The Morgan fingerprint density at radius 1 is 1.00 bits per heavy atom. The van der Waals surface area contributed by atoms with Crippen LogP contribution in [0.3, 0.4) is 0 Å². The van der Waals surface area contributed by atoms with Gasteiger partial charge < -0.3 is 5.32 Å². The molecule has 0 unspecified atom stereocenters. The summed E-state index contributed by atoms with van der Waals surface area (Å²) in [6.45, 7) is 2.12. The first-order valence-corrected chi connectivity index (χ1v) is 11.8. The molecule has 2 aromatic rings. The molecule has 5 atom stereocenters. The number of hydrogen-bond donors (Lipinski definition) is 1. The molecule has 2 aliphatic carbocycles. The Morgan fingerprint density at radius 3 is 2.11 bits per heavy atom. The van der Waals surface area contributed by atoms with Crippen LogP contribution in [0.25, 0.3) is 0 Å². The maximum atomic E-state index is 13.2. The number of carbonyl (C=O) groups is 1. The van der Waals surface area contributed by atoms with Gasteiger partial charge in [-0.1, -0.05) is 67.1 Å². The van der Waals surface area contributed by atoms with Crippen LogP contribution in [-0.2, 0) is 15.6 Å². The standard InChI is InChI=1S/C24H29NO2S/c1-17(22-15-18-12-13-21(22)14-18)25-23(26)16-28(27)24(19-8-4-2-5-9-19)20-10-6-3-7-11-20/h2-11,17-18,21-22,24H,12-16H2,1H3,(H,25,26)/t17-,18-,21-,22-,28+/m0/s1. The van der Waals surface area contributed by atoms with E-state index in [1.54, 1.807) is 0 Å². The zero-order valence-electron chi connectivity index (χ0n) is 16.4. The first-order valence-electron chi connectivity index (χ1n) is 10.4. The first-order chi connectivity index (χ1) is 13.6. The normalized spacial score (nSPS) is 25.6. The van der Waals surface area contributed by atoms with Crippen molar-refractivity contribution in [2.45, 2.75) is 43.9 Å². The van der Waals surface area contributed by atoms with E-state index in [0.29, 0.717) is 5.92 Å². The summed E-state index contributed by atoms with van der Waals surface area (Å²) in [7, 11) is -1.32. The molecule has 2 bridgehead atoms. The molecule has 1 amide bonds. The van der Waals surface area contributed by atoms with Gasteiger partial charge in [0.1, 0.15) is 5.75 Å². The highest BCUT2D eigenvalue weighted by atomic mass is 32.2. The van der Waals surface area contributed by atoms with Crippen LogP contribution in [0, 0.1) is 17.8 Å². The number of hydrogen-bond acceptors (Lipinski definition) is 2. The third kappa shape index (κ3) is 4.22. The second-order valence-corrected chi connectivity index (χ2v) is 9.94. The predicted octanol–water partition coefficient (Wildman–Crippen LogP) is 4.47. The quantitative estimate of drug-likeness (QED) is 0.752. The zero-order chi connectivity index (χ0) is 19.5. The van der Waals surface area contributed by atoms with E-state index in [0.717, 1.165) is 23.0 Å². The van der Waals surface area contributed by atoms with Crippen LogP contribution < -0.4 is 5.32 Å². The van der Waals surface area contributed by atoms with Crippen molar-refractivity contribution in [3.63, 3.8) is 0 Å². The van der Waals surface area contributed by atoms with Crippen molar-refractivity contribution in [1.82, 2.24) is 5.32 Å². The Kier molecular flexibility index (Phi) is 5.96. The third-order valence-corrected chi connectivity index (χ3v) is 8.18. The van der Waals surface area contributed by atoms with Crippen molar-refractivity contribution in [3.05, 3.63) is 71.8 Å². The molecule has 2 aliphatic rings. The molecule has 148 valence electrons. The Labute approximate surface area is 170 Å². The topological polar surface area (TPSA) is 46.2 Å². The highest BCUT2D eigenvalue weighted by Gasteiger charge is 2.42. The van der Waals surface area contributed by atoms with Crippen LogP contribution in [0.1, 0.15) is 49.0 Å². The molecule has 1 N–H and O–H groups in total. The molecule has 4 rings (SSSR count). The molecule has 0 spiro atoms. The lowest BCUT2D eigenvalue weighted by molar-refractivity contribution is -0.119. The summed E-state index contributed by atoms with van der Waals surface area (Å²) in [5, 5.41) is 2.88. The lowest BCUT2D eigenvalue weighted by Gasteiger charge is -2.28. The fourth-order valence-electron chi connectivity index (χ4n) is 5.27. The molecular formula is C24H29NO2S. The van der Waals surface area contributed by atoms with Crippen molar-refractivity contribution < 1.29 is 9.00 Å². The zero-order valence-corrected chi connectivity index (χ0v) is 17.2. The van der Waals surface area contributed by atoms with Crippen LogP contribution in [0.4, 0.5) is 0 Å². The van der Waals surface area contributed by atoms with E-state index in [1.807, 2.05) is 60.7 Å². The molecule has 28 heavy (non-hydrogen) atoms. The number of amides is 1. The van der Waals surface area contributed by atoms with Crippen molar-refractivity contribution in [3.8, 4) is 0 Å². The van der Waals surface area contributed by atoms with Gasteiger partial charge in [-0.3, -0.25) is 9.00 Å². The van der Waals surface area contributed by atoms with Gasteiger partial charge in [-0.25, -0.2) is 0 Å². The van der Waals surface area contributed by atoms with Crippen LogP contribution in [0.15, 0.2) is 60.7 Å². The van der Waals surface area contributed by atoms with Crippen molar-refractivity contribution in [2.75, 3.05) is 5.75 Å². The summed E-state index contributed by atoms with van der Waals surface area (Å²) >= 11 is 0. The molecule has 4 heteroatoms. The van der Waals surface area contributed by atoms with Crippen LogP contribution in [-0.4, -0.2) is 21.9 Å². The molecule has 0 aromatic heterocycles. The molecule has 0 heterocycles. The fraction of sp³-hybridized carbons (Fsp3) is 0.458. The van der Waals surface area contributed by atoms with E-state index >= 15 is 0 Å². The number of fused-ring (bicyclic) bond motifs is 2. The first kappa shape index (κ1) is 19.4. The highest BCUT2D eigenvalue weighted by molar-refractivity contribution is 7.86. The van der Waals surface area contributed by atoms with Gasteiger partial charge in [-0.05, 0) is 55.1 Å². The average Bonchev–Trinajstić information content (AvgIpc) is 3.33. The summed E-state index contributed by atoms with van der Waals surface area (Å²) in [4.78, 5) is 12.7. The highest BCUT2D eigenvalue weighted by Crippen LogP contribution is 2.49. The van der Waals surface area contributed by atoms with Gasteiger partial charge in [0, 0.05) is 16.8 Å². The Hall–Kier alpha value is -1.94.